The first-order valence-corrected chi connectivity index (χ1v) is 9.71. The van der Waals surface area contributed by atoms with E-state index in [2.05, 4.69) is 10.0 Å². The molecule has 0 heterocycles. The van der Waals surface area contributed by atoms with E-state index in [0.29, 0.717) is 29.4 Å². The van der Waals surface area contributed by atoms with Crippen LogP contribution in [0.5, 0.6) is 11.5 Å². The fourth-order valence-corrected chi connectivity index (χ4v) is 2.98. The Morgan fingerprint density at radius 3 is 2.41 bits per heavy atom. The summed E-state index contributed by atoms with van der Waals surface area (Å²) >= 11 is 0. The minimum atomic E-state index is -3.48. The monoisotopic (exact) mass is 390 g/mol. The molecular formula is C19H22N2O5S. The van der Waals surface area contributed by atoms with Crippen molar-refractivity contribution in [3.63, 3.8) is 0 Å². The average molecular weight is 390 g/mol. The summed E-state index contributed by atoms with van der Waals surface area (Å²) in [5, 5.41) is 2.73. The fourth-order valence-electron chi connectivity index (χ4n) is 2.25. The van der Waals surface area contributed by atoms with Crippen LogP contribution in [-0.2, 0) is 14.8 Å². The molecule has 0 fully saturated rings. The lowest BCUT2D eigenvalue weighted by Crippen LogP contribution is -2.18. The molecule has 0 spiro atoms. The van der Waals surface area contributed by atoms with Crippen LogP contribution in [0.15, 0.2) is 53.4 Å². The number of carbonyl (C=O) groups excluding carboxylic acids is 1. The molecule has 0 aliphatic carbocycles. The Labute approximate surface area is 159 Å². The molecule has 0 saturated heterocycles. The number of benzene rings is 2. The number of sulfonamides is 1. The van der Waals surface area contributed by atoms with Crippen LogP contribution in [0.2, 0.25) is 0 Å². The van der Waals surface area contributed by atoms with Gasteiger partial charge in [-0.3, -0.25) is 4.79 Å². The number of methoxy groups -OCH3 is 1. The number of ether oxygens (including phenoxy) is 2. The Bertz CT molecular complexity index is 922. The molecule has 1 amide bonds. The van der Waals surface area contributed by atoms with Gasteiger partial charge in [0, 0.05) is 17.8 Å². The molecule has 0 radical (unpaired) electrons. The van der Waals surface area contributed by atoms with Gasteiger partial charge >= 0.3 is 0 Å². The second kappa shape index (κ2) is 9.20. The highest BCUT2D eigenvalue weighted by Crippen LogP contribution is 2.30. The van der Waals surface area contributed by atoms with E-state index < -0.39 is 10.0 Å². The first-order chi connectivity index (χ1) is 12.9. The summed E-state index contributed by atoms with van der Waals surface area (Å²) in [6, 6.07) is 11.3. The lowest BCUT2D eigenvalue weighted by Gasteiger charge is -2.11. The molecular weight excluding hydrogens is 368 g/mol. The second-order valence-electron chi connectivity index (χ2n) is 5.40. The molecule has 0 atom stereocenters. The van der Waals surface area contributed by atoms with Gasteiger partial charge in [-0.1, -0.05) is 12.1 Å². The molecule has 8 heteroatoms. The van der Waals surface area contributed by atoms with Gasteiger partial charge in [0.2, 0.25) is 15.9 Å². The van der Waals surface area contributed by atoms with Crippen molar-refractivity contribution in [2.75, 3.05) is 26.1 Å². The molecule has 0 aromatic heterocycles. The Morgan fingerprint density at radius 2 is 1.81 bits per heavy atom. The van der Waals surface area contributed by atoms with Crippen molar-refractivity contribution in [1.29, 1.82) is 0 Å². The minimum Gasteiger partial charge on any atom is -0.493 e. The first-order valence-electron chi connectivity index (χ1n) is 8.23. The van der Waals surface area contributed by atoms with Crippen LogP contribution in [-0.4, -0.2) is 35.1 Å². The van der Waals surface area contributed by atoms with E-state index in [-0.39, 0.29) is 10.8 Å². The van der Waals surface area contributed by atoms with Gasteiger partial charge in [-0.25, -0.2) is 13.1 Å². The molecule has 0 unspecified atom stereocenters. The van der Waals surface area contributed by atoms with Crippen LogP contribution in [0.4, 0.5) is 5.69 Å². The van der Waals surface area contributed by atoms with Crippen molar-refractivity contribution >= 4 is 27.7 Å². The van der Waals surface area contributed by atoms with E-state index in [4.69, 9.17) is 9.47 Å². The van der Waals surface area contributed by atoms with Gasteiger partial charge in [0.1, 0.15) is 0 Å². The summed E-state index contributed by atoms with van der Waals surface area (Å²) < 4.78 is 36.3. The first kappa shape index (κ1) is 20.5. The fraction of sp³-hybridized carbons (Fsp3) is 0.211. The van der Waals surface area contributed by atoms with Gasteiger partial charge in [-0.15, -0.1) is 0 Å². The Balaban J connectivity index is 2.05. The highest BCUT2D eigenvalue weighted by atomic mass is 32.2. The SMILES string of the molecule is CCOc1ccc(NC(=O)/C=C/c2ccc(S(=O)(=O)NC)cc2)cc1OC. The van der Waals surface area contributed by atoms with Gasteiger partial charge in [0.15, 0.2) is 11.5 Å². The molecule has 0 bridgehead atoms. The van der Waals surface area contributed by atoms with Gasteiger partial charge in [0.25, 0.3) is 0 Å². The Kier molecular flexibility index (Phi) is 6.98. The zero-order valence-corrected chi connectivity index (χ0v) is 16.2. The van der Waals surface area contributed by atoms with Gasteiger partial charge < -0.3 is 14.8 Å². The third-order valence-corrected chi connectivity index (χ3v) is 5.05. The van der Waals surface area contributed by atoms with Crippen molar-refractivity contribution in [3.8, 4) is 11.5 Å². The van der Waals surface area contributed by atoms with Crippen molar-refractivity contribution < 1.29 is 22.7 Å². The van der Waals surface area contributed by atoms with E-state index in [0.717, 1.165) is 0 Å². The van der Waals surface area contributed by atoms with Crippen LogP contribution in [0.25, 0.3) is 6.08 Å². The Morgan fingerprint density at radius 1 is 1.11 bits per heavy atom. The summed E-state index contributed by atoms with van der Waals surface area (Å²) in [5.41, 5.74) is 1.27. The molecule has 2 aromatic carbocycles. The minimum absolute atomic E-state index is 0.160. The predicted molar refractivity (Wildman–Crippen MR) is 105 cm³/mol. The zero-order valence-electron chi connectivity index (χ0n) is 15.4. The number of nitrogens with one attached hydrogen (secondary N) is 2. The summed E-state index contributed by atoms with van der Waals surface area (Å²) in [7, 11) is -0.597. The molecule has 144 valence electrons. The number of anilines is 1. The van der Waals surface area contributed by atoms with E-state index in [1.165, 1.54) is 32.4 Å². The molecule has 2 rings (SSSR count). The van der Waals surface area contributed by atoms with Gasteiger partial charge in [-0.2, -0.15) is 0 Å². The van der Waals surface area contributed by atoms with Crippen LogP contribution in [0.1, 0.15) is 12.5 Å². The molecule has 2 aromatic rings. The van der Waals surface area contributed by atoms with Crippen molar-refractivity contribution in [2.24, 2.45) is 0 Å². The average Bonchev–Trinajstić information content (AvgIpc) is 2.68. The smallest absolute Gasteiger partial charge is 0.248 e. The number of hydrogen-bond donors (Lipinski definition) is 2. The van der Waals surface area contributed by atoms with Crippen LogP contribution >= 0.6 is 0 Å². The van der Waals surface area contributed by atoms with E-state index in [1.807, 2.05) is 6.92 Å². The highest BCUT2D eigenvalue weighted by Gasteiger charge is 2.10. The van der Waals surface area contributed by atoms with Gasteiger partial charge in [-0.05, 0) is 49.9 Å². The largest absolute Gasteiger partial charge is 0.493 e. The normalized spacial score (nSPS) is 11.4. The Hall–Kier alpha value is -2.84. The molecule has 0 aliphatic heterocycles. The lowest BCUT2D eigenvalue weighted by molar-refractivity contribution is -0.111. The van der Waals surface area contributed by atoms with E-state index in [1.54, 1.807) is 36.4 Å². The number of rotatable bonds is 8. The van der Waals surface area contributed by atoms with E-state index in [9.17, 15) is 13.2 Å². The van der Waals surface area contributed by atoms with Crippen LogP contribution < -0.4 is 19.5 Å². The maximum absolute atomic E-state index is 12.1. The van der Waals surface area contributed by atoms with Crippen molar-refractivity contribution in [3.05, 3.63) is 54.1 Å². The van der Waals surface area contributed by atoms with Gasteiger partial charge in [0.05, 0.1) is 18.6 Å². The molecule has 27 heavy (non-hydrogen) atoms. The maximum atomic E-state index is 12.1. The highest BCUT2D eigenvalue weighted by molar-refractivity contribution is 7.89. The number of hydrogen-bond acceptors (Lipinski definition) is 5. The predicted octanol–water partition coefficient (Wildman–Crippen LogP) is 2.65. The number of carbonyl (C=O) groups is 1. The van der Waals surface area contributed by atoms with Crippen LogP contribution in [0.3, 0.4) is 0 Å². The second-order valence-corrected chi connectivity index (χ2v) is 7.28. The third-order valence-electron chi connectivity index (χ3n) is 3.62. The standard InChI is InChI=1S/C19H22N2O5S/c1-4-26-17-11-8-15(13-18(17)25-3)21-19(22)12-7-14-5-9-16(10-6-14)27(23,24)20-2/h5-13,20H,4H2,1-3H3,(H,21,22)/b12-7+. The lowest BCUT2D eigenvalue weighted by atomic mass is 10.2. The van der Waals surface area contributed by atoms with E-state index >= 15 is 0 Å². The number of amides is 1. The van der Waals surface area contributed by atoms with Crippen molar-refractivity contribution in [1.82, 2.24) is 4.72 Å². The quantitative estimate of drug-likeness (QED) is 0.676. The van der Waals surface area contributed by atoms with Crippen LogP contribution in [0, 0.1) is 0 Å². The molecule has 2 N–H and O–H groups in total. The summed E-state index contributed by atoms with van der Waals surface area (Å²) in [6.45, 7) is 2.39. The summed E-state index contributed by atoms with van der Waals surface area (Å²) in [5.74, 6) is 0.804. The molecule has 7 nitrogen and oxygen atoms in total. The topological polar surface area (TPSA) is 93.7 Å². The molecule has 0 saturated carbocycles. The molecule has 0 aliphatic rings. The zero-order chi connectivity index (χ0) is 19.9. The summed E-state index contributed by atoms with van der Waals surface area (Å²) in [6.07, 6.45) is 2.96. The third kappa shape index (κ3) is 5.57. The van der Waals surface area contributed by atoms with Crippen molar-refractivity contribution in [2.45, 2.75) is 11.8 Å². The maximum Gasteiger partial charge on any atom is 0.248 e. The summed E-state index contributed by atoms with van der Waals surface area (Å²) in [4.78, 5) is 12.3.